The predicted octanol–water partition coefficient (Wildman–Crippen LogP) is 1.40. The Morgan fingerprint density at radius 2 is 2.00 bits per heavy atom. The maximum Gasteiger partial charge on any atom is 0.0737 e. The first-order valence-electron chi connectivity index (χ1n) is 5.42. The number of piperidine rings is 1. The Morgan fingerprint density at radius 1 is 1.33 bits per heavy atom. The Morgan fingerprint density at radius 3 is 2.60 bits per heavy atom. The van der Waals surface area contributed by atoms with Gasteiger partial charge < -0.3 is 10.8 Å². The van der Waals surface area contributed by atoms with Gasteiger partial charge in [-0.2, -0.15) is 0 Å². The van der Waals surface area contributed by atoms with Crippen molar-refractivity contribution < 1.29 is 5.11 Å². The molecule has 82 valence electrons. The zero-order valence-corrected chi connectivity index (χ0v) is 9.06. The number of hydrogen-bond donors (Lipinski definition) is 2. The van der Waals surface area contributed by atoms with E-state index in [9.17, 15) is 5.11 Å². The molecule has 1 aliphatic heterocycles. The summed E-state index contributed by atoms with van der Waals surface area (Å²) in [4.78, 5) is 2.21. The van der Waals surface area contributed by atoms with Crippen LogP contribution >= 0.6 is 0 Å². The van der Waals surface area contributed by atoms with Gasteiger partial charge in [-0.25, -0.2) is 0 Å². The fourth-order valence-electron chi connectivity index (χ4n) is 2.31. The molecular formula is C12H18N2O. The molecule has 2 rings (SSSR count). The molecular weight excluding hydrogens is 188 g/mol. The summed E-state index contributed by atoms with van der Waals surface area (Å²) in [5, 5.41) is 9.99. The monoisotopic (exact) mass is 206 g/mol. The summed E-state index contributed by atoms with van der Waals surface area (Å²) in [6.07, 6.45) is 1.70. The third-order valence-corrected chi connectivity index (χ3v) is 3.13. The third-order valence-electron chi connectivity index (χ3n) is 3.13. The Bertz CT molecular complexity index is 313. The second-order valence-corrected chi connectivity index (χ2v) is 4.30. The molecule has 3 heteroatoms. The quantitative estimate of drug-likeness (QED) is 0.683. The molecule has 1 aromatic carbocycles. The highest BCUT2D eigenvalue weighted by atomic mass is 16.3. The minimum atomic E-state index is -0.257. The zero-order valence-electron chi connectivity index (χ0n) is 9.06. The average molecular weight is 206 g/mol. The van der Waals surface area contributed by atoms with Crippen LogP contribution in [0.25, 0.3) is 0 Å². The van der Waals surface area contributed by atoms with Crippen LogP contribution in [-0.4, -0.2) is 29.7 Å². The summed E-state index contributed by atoms with van der Waals surface area (Å²) in [6, 6.07) is 7.92. The maximum atomic E-state index is 9.99. The number of nitrogen functional groups attached to an aromatic ring is 1. The number of anilines is 1. The van der Waals surface area contributed by atoms with E-state index >= 15 is 0 Å². The molecule has 1 fully saturated rings. The van der Waals surface area contributed by atoms with Crippen LogP contribution in [0.3, 0.4) is 0 Å². The summed E-state index contributed by atoms with van der Waals surface area (Å²) in [5.74, 6) is 0. The van der Waals surface area contributed by atoms with Crippen LogP contribution in [0, 0.1) is 0 Å². The van der Waals surface area contributed by atoms with Crippen LogP contribution in [0.15, 0.2) is 24.3 Å². The van der Waals surface area contributed by atoms with Crippen molar-refractivity contribution in [2.45, 2.75) is 25.0 Å². The highest BCUT2D eigenvalue weighted by molar-refractivity contribution is 5.40. The third kappa shape index (κ3) is 2.13. The molecule has 1 aromatic rings. The topological polar surface area (TPSA) is 49.5 Å². The van der Waals surface area contributed by atoms with Gasteiger partial charge >= 0.3 is 0 Å². The van der Waals surface area contributed by atoms with Gasteiger partial charge in [0, 0.05) is 5.69 Å². The zero-order chi connectivity index (χ0) is 10.8. The van der Waals surface area contributed by atoms with E-state index in [2.05, 4.69) is 11.9 Å². The molecule has 0 saturated carbocycles. The first kappa shape index (κ1) is 10.5. The molecule has 1 saturated heterocycles. The largest absolute Gasteiger partial charge is 0.399 e. The first-order valence-corrected chi connectivity index (χ1v) is 5.42. The van der Waals surface area contributed by atoms with Crippen molar-refractivity contribution >= 4 is 5.69 Å². The molecule has 1 heterocycles. The van der Waals surface area contributed by atoms with Gasteiger partial charge in [0.2, 0.25) is 0 Å². The average Bonchev–Trinajstić information content (AvgIpc) is 2.20. The minimum absolute atomic E-state index is 0.124. The maximum absolute atomic E-state index is 9.99. The highest BCUT2D eigenvalue weighted by Crippen LogP contribution is 2.30. The first-order chi connectivity index (χ1) is 7.18. The molecule has 0 spiro atoms. The second kappa shape index (κ2) is 4.21. The lowest BCUT2D eigenvalue weighted by molar-refractivity contribution is 0.0242. The van der Waals surface area contributed by atoms with Gasteiger partial charge in [-0.1, -0.05) is 12.1 Å². The van der Waals surface area contributed by atoms with E-state index < -0.39 is 0 Å². The number of hydrogen-bond acceptors (Lipinski definition) is 3. The fraction of sp³-hybridized carbons (Fsp3) is 0.500. The van der Waals surface area contributed by atoms with Crippen molar-refractivity contribution in [3.05, 3.63) is 29.8 Å². The molecule has 15 heavy (non-hydrogen) atoms. The van der Waals surface area contributed by atoms with E-state index in [0.717, 1.165) is 30.6 Å². The molecule has 0 bridgehead atoms. The van der Waals surface area contributed by atoms with Gasteiger partial charge in [0.25, 0.3) is 0 Å². The normalized spacial score (nSPS) is 27.9. The number of rotatable bonds is 1. The Kier molecular flexibility index (Phi) is 2.93. The number of nitrogens with zero attached hydrogens (tertiary/aromatic N) is 1. The van der Waals surface area contributed by atoms with Crippen molar-refractivity contribution in [2.24, 2.45) is 0 Å². The molecule has 0 amide bonds. The van der Waals surface area contributed by atoms with E-state index in [1.54, 1.807) is 0 Å². The predicted molar refractivity (Wildman–Crippen MR) is 61.5 cm³/mol. The van der Waals surface area contributed by atoms with Gasteiger partial charge in [0.05, 0.1) is 12.1 Å². The summed E-state index contributed by atoms with van der Waals surface area (Å²) in [6.45, 7) is 1.05. The summed E-state index contributed by atoms with van der Waals surface area (Å²) in [7, 11) is 2.06. The van der Waals surface area contributed by atoms with Gasteiger partial charge in [0.1, 0.15) is 0 Å². The van der Waals surface area contributed by atoms with Crippen molar-refractivity contribution in [3.8, 4) is 0 Å². The van der Waals surface area contributed by atoms with Crippen LogP contribution < -0.4 is 5.73 Å². The summed E-state index contributed by atoms with van der Waals surface area (Å²) < 4.78 is 0. The standard InChI is InChI=1S/C12H18N2O/c1-14-8-2-3-11(15)12(14)9-4-6-10(13)7-5-9/h4-7,11-12,15H,2-3,8,13H2,1H3. The van der Waals surface area contributed by atoms with Crippen LogP contribution in [0.4, 0.5) is 5.69 Å². The molecule has 3 N–H and O–H groups in total. The lowest BCUT2D eigenvalue weighted by atomic mass is 9.93. The number of aliphatic hydroxyl groups excluding tert-OH is 1. The van der Waals surface area contributed by atoms with Crippen molar-refractivity contribution in [1.82, 2.24) is 4.90 Å². The lowest BCUT2D eigenvalue weighted by Gasteiger charge is -2.36. The van der Waals surface area contributed by atoms with E-state index in [1.165, 1.54) is 0 Å². The van der Waals surface area contributed by atoms with Gasteiger partial charge in [0.15, 0.2) is 0 Å². The van der Waals surface area contributed by atoms with Gasteiger partial charge in [-0.05, 0) is 44.1 Å². The SMILES string of the molecule is CN1CCCC(O)C1c1ccc(N)cc1. The fourth-order valence-corrected chi connectivity index (χ4v) is 2.31. The number of benzene rings is 1. The van der Waals surface area contributed by atoms with Crippen LogP contribution in [0.1, 0.15) is 24.4 Å². The molecule has 0 aliphatic carbocycles. The molecule has 0 aromatic heterocycles. The van der Waals surface area contributed by atoms with Crippen LogP contribution in [0.2, 0.25) is 0 Å². The van der Waals surface area contributed by atoms with Crippen molar-refractivity contribution in [3.63, 3.8) is 0 Å². The molecule has 0 radical (unpaired) electrons. The van der Waals surface area contributed by atoms with Crippen molar-refractivity contribution in [2.75, 3.05) is 19.3 Å². The summed E-state index contributed by atoms with van der Waals surface area (Å²) >= 11 is 0. The molecule has 3 nitrogen and oxygen atoms in total. The van der Waals surface area contributed by atoms with Crippen molar-refractivity contribution in [1.29, 1.82) is 0 Å². The van der Waals surface area contributed by atoms with E-state index in [-0.39, 0.29) is 12.1 Å². The number of aliphatic hydroxyl groups is 1. The second-order valence-electron chi connectivity index (χ2n) is 4.30. The highest BCUT2D eigenvalue weighted by Gasteiger charge is 2.28. The van der Waals surface area contributed by atoms with E-state index in [1.807, 2.05) is 24.3 Å². The minimum Gasteiger partial charge on any atom is -0.399 e. The van der Waals surface area contributed by atoms with Crippen LogP contribution in [-0.2, 0) is 0 Å². The van der Waals surface area contributed by atoms with E-state index in [0.29, 0.717) is 0 Å². The van der Waals surface area contributed by atoms with Crippen LogP contribution in [0.5, 0.6) is 0 Å². The number of likely N-dealkylation sites (tertiary alicyclic amines) is 1. The summed E-state index contributed by atoms with van der Waals surface area (Å²) in [5.41, 5.74) is 7.57. The molecule has 2 unspecified atom stereocenters. The number of likely N-dealkylation sites (N-methyl/N-ethyl adjacent to an activating group) is 1. The number of nitrogens with two attached hydrogens (primary N) is 1. The Balaban J connectivity index is 2.23. The van der Waals surface area contributed by atoms with Gasteiger partial charge in [-0.3, -0.25) is 4.90 Å². The smallest absolute Gasteiger partial charge is 0.0737 e. The molecule has 2 atom stereocenters. The Hall–Kier alpha value is -1.06. The van der Waals surface area contributed by atoms with E-state index in [4.69, 9.17) is 5.73 Å². The van der Waals surface area contributed by atoms with Gasteiger partial charge in [-0.15, -0.1) is 0 Å². The molecule has 1 aliphatic rings. The Labute approximate surface area is 90.5 Å². The lowest BCUT2D eigenvalue weighted by Crippen LogP contribution is -2.39.